The SMILES string of the molecule is COc1ccc(Br)c(C(=O)OCC(=O)Nc2ccc(N3CCOCC3)cc2)c1. The van der Waals surface area contributed by atoms with Crippen molar-refractivity contribution in [3.63, 3.8) is 0 Å². The van der Waals surface area contributed by atoms with E-state index >= 15 is 0 Å². The predicted molar refractivity (Wildman–Crippen MR) is 109 cm³/mol. The summed E-state index contributed by atoms with van der Waals surface area (Å²) < 4.78 is 16.1. The van der Waals surface area contributed by atoms with Crippen molar-refractivity contribution in [3.8, 4) is 5.75 Å². The van der Waals surface area contributed by atoms with Gasteiger partial charge in [0.2, 0.25) is 0 Å². The number of hydrogen-bond donors (Lipinski definition) is 1. The fraction of sp³-hybridized carbons (Fsp3) is 0.300. The molecule has 1 saturated heterocycles. The second-order valence-corrected chi connectivity index (χ2v) is 6.97. The molecule has 3 rings (SSSR count). The van der Waals surface area contributed by atoms with Crippen molar-refractivity contribution in [1.82, 2.24) is 0 Å². The van der Waals surface area contributed by atoms with Gasteiger partial charge in [-0.1, -0.05) is 0 Å². The first-order valence-electron chi connectivity index (χ1n) is 8.80. The minimum Gasteiger partial charge on any atom is -0.497 e. The van der Waals surface area contributed by atoms with E-state index in [0.29, 0.717) is 34.7 Å². The van der Waals surface area contributed by atoms with Gasteiger partial charge in [0.15, 0.2) is 6.61 Å². The standard InChI is InChI=1S/C20H21BrN2O5/c1-26-16-6-7-18(21)17(12-16)20(25)28-13-19(24)22-14-2-4-15(5-3-14)23-8-10-27-11-9-23/h2-7,12H,8-11,13H2,1H3,(H,22,24). The van der Waals surface area contributed by atoms with Gasteiger partial charge in [-0.15, -0.1) is 0 Å². The highest BCUT2D eigenvalue weighted by molar-refractivity contribution is 9.10. The zero-order valence-corrected chi connectivity index (χ0v) is 17.0. The van der Waals surface area contributed by atoms with Crippen molar-refractivity contribution in [2.75, 3.05) is 50.2 Å². The van der Waals surface area contributed by atoms with E-state index in [-0.39, 0.29) is 6.61 Å². The summed E-state index contributed by atoms with van der Waals surface area (Å²) in [5.41, 5.74) is 2.01. The van der Waals surface area contributed by atoms with E-state index in [4.69, 9.17) is 14.2 Å². The van der Waals surface area contributed by atoms with Crippen LogP contribution in [0.3, 0.4) is 0 Å². The van der Waals surface area contributed by atoms with Gasteiger partial charge in [0.1, 0.15) is 5.75 Å². The molecule has 7 nitrogen and oxygen atoms in total. The molecule has 1 N–H and O–H groups in total. The van der Waals surface area contributed by atoms with Crippen molar-refractivity contribution in [2.24, 2.45) is 0 Å². The third kappa shape index (κ3) is 5.24. The zero-order valence-electron chi connectivity index (χ0n) is 15.4. The van der Waals surface area contributed by atoms with Gasteiger partial charge in [0.05, 0.1) is 25.9 Å². The van der Waals surface area contributed by atoms with Crippen LogP contribution >= 0.6 is 15.9 Å². The maximum absolute atomic E-state index is 12.2. The molecule has 28 heavy (non-hydrogen) atoms. The first-order chi connectivity index (χ1) is 13.6. The molecule has 0 spiro atoms. The molecule has 0 aliphatic carbocycles. The highest BCUT2D eigenvalue weighted by atomic mass is 79.9. The quantitative estimate of drug-likeness (QED) is 0.684. The number of rotatable bonds is 6. The lowest BCUT2D eigenvalue weighted by atomic mass is 10.2. The van der Waals surface area contributed by atoms with Crippen LogP contribution in [-0.4, -0.2) is 51.9 Å². The molecule has 1 heterocycles. The predicted octanol–water partition coefficient (Wildman–Crippen LogP) is 3.09. The summed E-state index contributed by atoms with van der Waals surface area (Å²) in [7, 11) is 1.51. The highest BCUT2D eigenvalue weighted by Gasteiger charge is 2.15. The number of anilines is 2. The topological polar surface area (TPSA) is 77.1 Å². The number of carbonyl (C=O) groups is 2. The average Bonchev–Trinajstić information content (AvgIpc) is 2.73. The Morgan fingerprint density at radius 1 is 1.14 bits per heavy atom. The number of nitrogens with zero attached hydrogens (tertiary/aromatic N) is 1. The minimum atomic E-state index is -0.608. The first-order valence-corrected chi connectivity index (χ1v) is 9.59. The number of methoxy groups -OCH3 is 1. The minimum absolute atomic E-state index is 0.294. The molecular formula is C20H21BrN2O5. The molecule has 0 saturated carbocycles. The zero-order chi connectivity index (χ0) is 19.9. The maximum Gasteiger partial charge on any atom is 0.339 e. The summed E-state index contributed by atoms with van der Waals surface area (Å²) in [6, 6.07) is 12.5. The van der Waals surface area contributed by atoms with Crippen LogP contribution in [0.4, 0.5) is 11.4 Å². The molecule has 0 aromatic heterocycles. The number of nitrogens with one attached hydrogen (secondary N) is 1. The maximum atomic E-state index is 12.2. The lowest BCUT2D eigenvalue weighted by Gasteiger charge is -2.28. The number of carbonyl (C=O) groups excluding carboxylic acids is 2. The van der Waals surface area contributed by atoms with E-state index in [1.807, 2.05) is 24.3 Å². The second-order valence-electron chi connectivity index (χ2n) is 6.12. The Kier molecular flexibility index (Phi) is 6.89. The van der Waals surface area contributed by atoms with Gasteiger partial charge >= 0.3 is 5.97 Å². The van der Waals surface area contributed by atoms with Gasteiger partial charge in [-0.2, -0.15) is 0 Å². The molecule has 0 bridgehead atoms. The van der Waals surface area contributed by atoms with Crippen LogP contribution in [0.15, 0.2) is 46.9 Å². The molecule has 1 aliphatic heterocycles. The number of hydrogen-bond acceptors (Lipinski definition) is 6. The molecule has 2 aromatic rings. The third-order valence-electron chi connectivity index (χ3n) is 4.26. The summed E-state index contributed by atoms with van der Waals surface area (Å²) in [6.45, 7) is 2.75. The Labute approximate surface area is 171 Å². The summed E-state index contributed by atoms with van der Waals surface area (Å²) in [5.74, 6) is -0.491. The largest absolute Gasteiger partial charge is 0.497 e. The molecule has 8 heteroatoms. The van der Waals surface area contributed by atoms with Crippen LogP contribution < -0.4 is 15.0 Å². The lowest BCUT2D eigenvalue weighted by molar-refractivity contribution is -0.119. The Morgan fingerprint density at radius 3 is 2.54 bits per heavy atom. The molecule has 0 radical (unpaired) electrons. The Morgan fingerprint density at radius 2 is 1.86 bits per heavy atom. The average molecular weight is 449 g/mol. The van der Waals surface area contributed by atoms with Crippen LogP contribution in [0.25, 0.3) is 0 Å². The summed E-state index contributed by atoms with van der Waals surface area (Å²) >= 11 is 3.29. The summed E-state index contributed by atoms with van der Waals surface area (Å²) in [4.78, 5) is 26.5. The molecule has 1 fully saturated rings. The van der Waals surface area contributed by atoms with Gasteiger partial charge in [-0.3, -0.25) is 4.79 Å². The smallest absolute Gasteiger partial charge is 0.339 e. The monoisotopic (exact) mass is 448 g/mol. The number of esters is 1. The second kappa shape index (κ2) is 9.57. The number of halogens is 1. The van der Waals surface area contributed by atoms with E-state index in [9.17, 15) is 9.59 Å². The third-order valence-corrected chi connectivity index (χ3v) is 4.95. The van der Waals surface area contributed by atoms with E-state index in [0.717, 1.165) is 18.8 Å². The molecular weight excluding hydrogens is 428 g/mol. The number of benzene rings is 2. The van der Waals surface area contributed by atoms with E-state index in [2.05, 4.69) is 26.1 Å². The van der Waals surface area contributed by atoms with Gasteiger partial charge in [0.25, 0.3) is 5.91 Å². The molecule has 148 valence electrons. The molecule has 0 unspecified atom stereocenters. The fourth-order valence-electron chi connectivity index (χ4n) is 2.77. The van der Waals surface area contributed by atoms with Crippen LogP contribution in [-0.2, 0) is 14.3 Å². The van der Waals surface area contributed by atoms with Gasteiger partial charge in [-0.05, 0) is 58.4 Å². The van der Waals surface area contributed by atoms with Crippen LogP contribution in [0.2, 0.25) is 0 Å². The fourth-order valence-corrected chi connectivity index (χ4v) is 3.18. The summed E-state index contributed by atoms with van der Waals surface area (Å²) in [5, 5.41) is 2.72. The highest BCUT2D eigenvalue weighted by Crippen LogP contribution is 2.23. The molecule has 1 amide bonds. The van der Waals surface area contributed by atoms with Crippen LogP contribution in [0.5, 0.6) is 5.75 Å². The number of amides is 1. The van der Waals surface area contributed by atoms with E-state index in [1.54, 1.807) is 18.2 Å². The molecule has 0 atom stereocenters. The normalized spacial score (nSPS) is 13.7. The lowest BCUT2D eigenvalue weighted by Crippen LogP contribution is -2.36. The van der Waals surface area contributed by atoms with Gasteiger partial charge < -0.3 is 24.4 Å². The van der Waals surface area contributed by atoms with Crippen molar-refractivity contribution < 1.29 is 23.8 Å². The number of morpholine rings is 1. The van der Waals surface area contributed by atoms with Crippen molar-refractivity contribution in [3.05, 3.63) is 52.5 Å². The van der Waals surface area contributed by atoms with Crippen molar-refractivity contribution >= 4 is 39.2 Å². The Bertz CT molecular complexity index is 835. The Balaban J connectivity index is 1.52. The van der Waals surface area contributed by atoms with Gasteiger partial charge in [0, 0.05) is 28.9 Å². The van der Waals surface area contributed by atoms with Crippen molar-refractivity contribution in [1.29, 1.82) is 0 Å². The molecule has 2 aromatic carbocycles. The van der Waals surface area contributed by atoms with E-state index < -0.39 is 11.9 Å². The van der Waals surface area contributed by atoms with Gasteiger partial charge in [-0.25, -0.2) is 4.79 Å². The number of ether oxygens (including phenoxy) is 3. The van der Waals surface area contributed by atoms with Crippen LogP contribution in [0.1, 0.15) is 10.4 Å². The van der Waals surface area contributed by atoms with E-state index in [1.165, 1.54) is 7.11 Å². The first kappa shape index (κ1) is 20.2. The summed E-state index contributed by atoms with van der Waals surface area (Å²) in [6.07, 6.45) is 0. The Hall–Kier alpha value is -2.58. The molecule has 1 aliphatic rings. The van der Waals surface area contributed by atoms with Crippen molar-refractivity contribution in [2.45, 2.75) is 0 Å². The van der Waals surface area contributed by atoms with Crippen LogP contribution in [0, 0.1) is 0 Å².